The molecule has 0 fully saturated rings. The summed E-state index contributed by atoms with van der Waals surface area (Å²) in [5.41, 5.74) is 1.30. The first-order chi connectivity index (χ1) is 11.5. The molecule has 0 aliphatic rings. The highest BCUT2D eigenvalue weighted by Gasteiger charge is 2.19. The van der Waals surface area contributed by atoms with Crippen LogP contribution in [0.1, 0.15) is 13.8 Å². The predicted molar refractivity (Wildman–Crippen MR) is 96.0 cm³/mol. The van der Waals surface area contributed by atoms with E-state index in [0.29, 0.717) is 31.4 Å². The van der Waals surface area contributed by atoms with Gasteiger partial charge in [0.25, 0.3) is 0 Å². The number of hydrogen-bond donors (Lipinski definition) is 1. The normalized spacial score (nSPS) is 11.0. The zero-order valence-corrected chi connectivity index (χ0v) is 15.2. The molecule has 2 aromatic heterocycles. The highest BCUT2D eigenvalue weighted by atomic mass is 35.5. The fraction of sp³-hybridized carbons (Fsp3) is 0.200. The van der Waals surface area contributed by atoms with Crippen molar-refractivity contribution >= 4 is 45.6 Å². The second-order valence-corrected chi connectivity index (χ2v) is 7.10. The van der Waals surface area contributed by atoms with Crippen molar-refractivity contribution in [3.63, 3.8) is 0 Å². The molecule has 2 heterocycles. The van der Waals surface area contributed by atoms with E-state index in [1.807, 2.05) is 13.8 Å². The van der Waals surface area contributed by atoms with Gasteiger partial charge in [-0.1, -0.05) is 48.4 Å². The standard InChI is InChI=1S/C15H13Cl2N5OS/c1-8(2)13(23)21-15-20-12(10-4-3-9(16)5-11(10)17)14(24-15)22-7-18-6-19-22/h3-8H,1-2H3,(H,20,21,23). The van der Waals surface area contributed by atoms with E-state index in [1.54, 1.807) is 29.2 Å². The summed E-state index contributed by atoms with van der Waals surface area (Å²) >= 11 is 13.6. The van der Waals surface area contributed by atoms with E-state index < -0.39 is 0 Å². The number of rotatable bonds is 4. The van der Waals surface area contributed by atoms with Crippen LogP contribution in [0, 0.1) is 5.92 Å². The monoisotopic (exact) mass is 381 g/mol. The number of benzene rings is 1. The molecule has 0 spiro atoms. The Bertz CT molecular complexity index is 876. The largest absolute Gasteiger partial charge is 0.302 e. The summed E-state index contributed by atoms with van der Waals surface area (Å²) in [6, 6.07) is 5.17. The van der Waals surface area contributed by atoms with E-state index >= 15 is 0 Å². The van der Waals surface area contributed by atoms with Gasteiger partial charge in [-0.05, 0) is 18.2 Å². The summed E-state index contributed by atoms with van der Waals surface area (Å²) in [4.78, 5) is 20.4. The van der Waals surface area contributed by atoms with Gasteiger partial charge in [-0.3, -0.25) is 4.79 Å². The minimum Gasteiger partial charge on any atom is -0.302 e. The zero-order chi connectivity index (χ0) is 17.3. The summed E-state index contributed by atoms with van der Waals surface area (Å²) in [6.07, 6.45) is 2.99. The maximum Gasteiger partial charge on any atom is 0.228 e. The molecular weight excluding hydrogens is 369 g/mol. The van der Waals surface area contributed by atoms with Crippen molar-refractivity contribution in [3.05, 3.63) is 40.9 Å². The third-order valence-corrected chi connectivity index (χ3v) is 4.69. The maximum atomic E-state index is 11.9. The summed E-state index contributed by atoms with van der Waals surface area (Å²) in [6.45, 7) is 3.64. The smallest absolute Gasteiger partial charge is 0.228 e. The van der Waals surface area contributed by atoms with Gasteiger partial charge in [-0.2, -0.15) is 5.10 Å². The molecule has 0 saturated heterocycles. The van der Waals surface area contributed by atoms with Crippen LogP contribution in [0.5, 0.6) is 0 Å². The number of nitrogens with one attached hydrogen (secondary N) is 1. The number of thiazole rings is 1. The first-order valence-electron chi connectivity index (χ1n) is 7.08. The number of halogens is 2. The van der Waals surface area contributed by atoms with Gasteiger partial charge < -0.3 is 5.32 Å². The van der Waals surface area contributed by atoms with Crippen LogP contribution in [0.2, 0.25) is 10.0 Å². The van der Waals surface area contributed by atoms with Crippen molar-refractivity contribution in [2.75, 3.05) is 5.32 Å². The number of nitrogens with zero attached hydrogens (tertiary/aromatic N) is 4. The molecule has 0 atom stereocenters. The predicted octanol–water partition coefficient (Wildman–Crippen LogP) is 4.29. The molecule has 0 bridgehead atoms. The van der Waals surface area contributed by atoms with Gasteiger partial charge in [0.15, 0.2) is 5.13 Å². The van der Waals surface area contributed by atoms with Gasteiger partial charge in [-0.25, -0.2) is 14.6 Å². The lowest BCUT2D eigenvalue weighted by Crippen LogP contribution is -2.17. The van der Waals surface area contributed by atoms with Crippen molar-refractivity contribution in [2.45, 2.75) is 13.8 Å². The molecule has 1 N–H and O–H groups in total. The summed E-state index contributed by atoms with van der Waals surface area (Å²) in [5.74, 6) is -0.256. The van der Waals surface area contributed by atoms with Crippen LogP contribution in [0.3, 0.4) is 0 Å². The fourth-order valence-electron chi connectivity index (χ4n) is 1.94. The summed E-state index contributed by atoms with van der Waals surface area (Å²) in [5, 5.41) is 9.13. The van der Waals surface area contributed by atoms with E-state index in [-0.39, 0.29) is 11.8 Å². The second kappa shape index (κ2) is 6.88. The highest BCUT2D eigenvalue weighted by molar-refractivity contribution is 7.18. The molecule has 1 aromatic carbocycles. The van der Waals surface area contributed by atoms with E-state index in [2.05, 4.69) is 20.4 Å². The topological polar surface area (TPSA) is 72.7 Å². The Morgan fingerprint density at radius 2 is 2.12 bits per heavy atom. The van der Waals surface area contributed by atoms with E-state index in [0.717, 1.165) is 0 Å². The van der Waals surface area contributed by atoms with Crippen molar-refractivity contribution in [2.24, 2.45) is 5.92 Å². The quantitative estimate of drug-likeness (QED) is 0.731. The van der Waals surface area contributed by atoms with E-state index in [1.165, 1.54) is 17.7 Å². The molecule has 3 rings (SSSR count). The Hall–Kier alpha value is -1.96. The van der Waals surface area contributed by atoms with Gasteiger partial charge >= 0.3 is 0 Å². The fourth-order valence-corrected chi connectivity index (χ4v) is 3.35. The zero-order valence-electron chi connectivity index (χ0n) is 12.8. The number of hydrogen-bond acceptors (Lipinski definition) is 5. The van der Waals surface area contributed by atoms with Crippen LogP contribution in [0.4, 0.5) is 5.13 Å². The molecule has 0 saturated carbocycles. The SMILES string of the molecule is CC(C)C(=O)Nc1nc(-c2ccc(Cl)cc2Cl)c(-n2cncn2)s1. The molecular formula is C15H13Cl2N5OS. The van der Waals surface area contributed by atoms with Gasteiger partial charge in [0.1, 0.15) is 23.3 Å². The lowest BCUT2D eigenvalue weighted by atomic mass is 10.1. The molecule has 124 valence electrons. The average molecular weight is 382 g/mol. The first-order valence-corrected chi connectivity index (χ1v) is 8.65. The highest BCUT2D eigenvalue weighted by Crippen LogP contribution is 2.38. The minimum absolute atomic E-state index is 0.109. The van der Waals surface area contributed by atoms with Crippen molar-refractivity contribution < 1.29 is 4.79 Å². The van der Waals surface area contributed by atoms with Crippen molar-refractivity contribution in [1.82, 2.24) is 19.7 Å². The third kappa shape index (κ3) is 3.43. The Morgan fingerprint density at radius 1 is 1.33 bits per heavy atom. The van der Waals surface area contributed by atoms with Crippen LogP contribution >= 0.6 is 34.5 Å². The van der Waals surface area contributed by atoms with Crippen molar-refractivity contribution in [3.8, 4) is 16.3 Å². The maximum absolute atomic E-state index is 11.9. The van der Waals surface area contributed by atoms with Crippen molar-refractivity contribution in [1.29, 1.82) is 0 Å². The average Bonchev–Trinajstić information content (AvgIpc) is 3.16. The van der Waals surface area contributed by atoms with E-state index in [4.69, 9.17) is 23.2 Å². The Morgan fingerprint density at radius 3 is 2.75 bits per heavy atom. The number of carbonyl (C=O) groups is 1. The van der Waals surface area contributed by atoms with Gasteiger partial charge in [0.2, 0.25) is 5.91 Å². The summed E-state index contributed by atoms with van der Waals surface area (Å²) < 4.78 is 1.59. The Kier molecular flexibility index (Phi) is 4.84. The first kappa shape index (κ1) is 16.9. The molecule has 9 heteroatoms. The molecule has 3 aromatic rings. The Balaban J connectivity index is 2.09. The van der Waals surface area contributed by atoms with Crippen LogP contribution < -0.4 is 5.32 Å². The number of aromatic nitrogens is 4. The van der Waals surface area contributed by atoms with Crippen LogP contribution in [0.25, 0.3) is 16.3 Å². The number of anilines is 1. The van der Waals surface area contributed by atoms with Gasteiger partial charge in [0.05, 0.1) is 5.02 Å². The molecule has 0 aliphatic heterocycles. The number of carbonyl (C=O) groups excluding carboxylic acids is 1. The minimum atomic E-state index is -0.147. The molecule has 6 nitrogen and oxygen atoms in total. The number of amides is 1. The molecule has 0 unspecified atom stereocenters. The molecule has 0 radical (unpaired) electrons. The molecule has 1 amide bonds. The van der Waals surface area contributed by atoms with E-state index in [9.17, 15) is 4.79 Å². The van der Waals surface area contributed by atoms with Gasteiger partial charge in [0, 0.05) is 16.5 Å². The van der Waals surface area contributed by atoms with Gasteiger partial charge in [-0.15, -0.1) is 0 Å². The molecule has 0 aliphatic carbocycles. The third-order valence-electron chi connectivity index (χ3n) is 3.18. The Labute approximate surface area is 152 Å². The van der Waals surface area contributed by atoms with Crippen LogP contribution in [-0.4, -0.2) is 25.7 Å². The lowest BCUT2D eigenvalue weighted by Gasteiger charge is -2.04. The second-order valence-electron chi connectivity index (χ2n) is 5.28. The summed E-state index contributed by atoms with van der Waals surface area (Å²) in [7, 11) is 0. The van der Waals surface area contributed by atoms with Crippen LogP contribution in [-0.2, 0) is 4.79 Å². The lowest BCUT2D eigenvalue weighted by molar-refractivity contribution is -0.118. The van der Waals surface area contributed by atoms with Crippen LogP contribution in [0.15, 0.2) is 30.9 Å². The molecule has 24 heavy (non-hydrogen) atoms.